The molecule has 3 aliphatic heterocycles. The van der Waals surface area contributed by atoms with Gasteiger partial charge in [0.15, 0.2) is 6.61 Å². The van der Waals surface area contributed by atoms with Gasteiger partial charge in [-0.1, -0.05) is 12.1 Å². The molecule has 2 fully saturated rings. The van der Waals surface area contributed by atoms with Gasteiger partial charge >= 0.3 is 6.18 Å². The molecule has 0 aromatic carbocycles. The predicted molar refractivity (Wildman–Crippen MR) is 87.4 cm³/mol. The number of hydrogen-bond acceptors (Lipinski definition) is 6. The van der Waals surface area contributed by atoms with Gasteiger partial charge in [0.1, 0.15) is 12.1 Å². The van der Waals surface area contributed by atoms with Gasteiger partial charge in [-0.3, -0.25) is 4.90 Å². The quantitative estimate of drug-likeness (QED) is 0.791. The van der Waals surface area contributed by atoms with Crippen molar-refractivity contribution >= 4 is 5.90 Å². The number of rotatable bonds is 3. The van der Waals surface area contributed by atoms with E-state index in [-0.39, 0.29) is 17.9 Å². The molecule has 2 N–H and O–H groups in total. The molecule has 2 saturated heterocycles. The van der Waals surface area contributed by atoms with E-state index >= 15 is 0 Å². The first-order valence-electron chi connectivity index (χ1n) is 8.97. The maximum absolute atomic E-state index is 12.9. The molecule has 3 heterocycles. The molecule has 3 aliphatic rings. The van der Waals surface area contributed by atoms with E-state index < -0.39 is 12.2 Å². The number of halogens is 3. The predicted octanol–water partition coefficient (Wildman–Crippen LogP) is 1.33. The Bertz CT molecular complexity index is 480. The zero-order valence-corrected chi connectivity index (χ0v) is 14.6. The highest BCUT2D eigenvalue weighted by molar-refractivity contribution is 5.82. The lowest BCUT2D eigenvalue weighted by molar-refractivity contribution is -0.156. The van der Waals surface area contributed by atoms with Gasteiger partial charge in [0.2, 0.25) is 5.90 Å². The molecule has 3 rings (SSSR count). The molecule has 0 bridgehead atoms. The van der Waals surface area contributed by atoms with Crippen LogP contribution in [0.5, 0.6) is 0 Å². The third-order valence-corrected chi connectivity index (χ3v) is 5.32. The van der Waals surface area contributed by atoms with Crippen molar-refractivity contribution in [1.82, 2.24) is 15.5 Å². The maximum atomic E-state index is 12.9. The topological polar surface area (TPSA) is 58.1 Å². The van der Waals surface area contributed by atoms with Crippen molar-refractivity contribution in [2.45, 2.75) is 44.5 Å². The Morgan fingerprint density at radius 2 is 2.00 bits per heavy atom. The molecule has 0 radical (unpaired) electrons. The average Bonchev–Trinajstić information content (AvgIpc) is 2.81. The minimum absolute atomic E-state index is 0.0570. The molecule has 25 heavy (non-hydrogen) atoms. The molecule has 0 aromatic heterocycles. The summed E-state index contributed by atoms with van der Waals surface area (Å²) in [6.45, 7) is 6.14. The van der Waals surface area contributed by atoms with Crippen molar-refractivity contribution < 1.29 is 22.7 Å². The Morgan fingerprint density at radius 3 is 2.72 bits per heavy atom. The SMILES string of the molecule is CC1(C2=NOCC(CN3CCNC(C(F)(F)F)CC3)O2)CCNCC1. The van der Waals surface area contributed by atoms with E-state index in [1.165, 1.54) is 0 Å². The van der Waals surface area contributed by atoms with Crippen molar-refractivity contribution in [1.29, 1.82) is 0 Å². The smallest absolute Gasteiger partial charge is 0.403 e. The van der Waals surface area contributed by atoms with Crippen LogP contribution in [-0.4, -0.2) is 75.0 Å². The van der Waals surface area contributed by atoms with Crippen LogP contribution in [0.2, 0.25) is 0 Å². The van der Waals surface area contributed by atoms with E-state index in [4.69, 9.17) is 9.57 Å². The first-order valence-corrected chi connectivity index (χ1v) is 8.97. The van der Waals surface area contributed by atoms with Crippen LogP contribution in [0.3, 0.4) is 0 Å². The van der Waals surface area contributed by atoms with Crippen molar-refractivity contribution in [3.63, 3.8) is 0 Å². The van der Waals surface area contributed by atoms with E-state index in [2.05, 4.69) is 22.7 Å². The van der Waals surface area contributed by atoms with Crippen molar-refractivity contribution in [3.05, 3.63) is 0 Å². The second-order valence-corrected chi connectivity index (χ2v) is 7.38. The van der Waals surface area contributed by atoms with Crippen LogP contribution in [0.15, 0.2) is 5.16 Å². The molecule has 0 saturated carbocycles. The molecular formula is C16H27F3N4O2. The molecule has 0 aromatic rings. The first kappa shape index (κ1) is 18.7. The fourth-order valence-electron chi connectivity index (χ4n) is 3.60. The van der Waals surface area contributed by atoms with Gasteiger partial charge in [0.05, 0.1) is 0 Å². The summed E-state index contributed by atoms with van der Waals surface area (Å²) >= 11 is 0. The van der Waals surface area contributed by atoms with Gasteiger partial charge < -0.3 is 20.2 Å². The number of nitrogens with one attached hydrogen (secondary N) is 2. The summed E-state index contributed by atoms with van der Waals surface area (Å²) in [5, 5.41) is 10.0. The second-order valence-electron chi connectivity index (χ2n) is 7.38. The van der Waals surface area contributed by atoms with Crippen LogP contribution in [-0.2, 0) is 9.57 Å². The molecule has 144 valence electrons. The first-order chi connectivity index (χ1) is 11.9. The summed E-state index contributed by atoms with van der Waals surface area (Å²) < 4.78 is 44.7. The van der Waals surface area contributed by atoms with Crippen LogP contribution < -0.4 is 10.6 Å². The van der Waals surface area contributed by atoms with E-state index in [9.17, 15) is 13.2 Å². The minimum atomic E-state index is -4.19. The third-order valence-electron chi connectivity index (χ3n) is 5.32. The monoisotopic (exact) mass is 364 g/mol. The van der Waals surface area contributed by atoms with Gasteiger partial charge in [-0.05, 0) is 32.4 Å². The Morgan fingerprint density at radius 1 is 1.24 bits per heavy atom. The van der Waals surface area contributed by atoms with Crippen LogP contribution in [0.1, 0.15) is 26.2 Å². The molecule has 2 unspecified atom stereocenters. The second kappa shape index (κ2) is 7.67. The van der Waals surface area contributed by atoms with Gasteiger partial charge in [0.25, 0.3) is 0 Å². The normalized spacial score (nSPS) is 31.4. The van der Waals surface area contributed by atoms with Gasteiger partial charge in [-0.15, -0.1) is 0 Å². The molecular weight excluding hydrogens is 337 g/mol. The maximum Gasteiger partial charge on any atom is 0.403 e. The lowest BCUT2D eigenvalue weighted by atomic mass is 9.80. The standard InChI is InChI=1S/C16H27F3N4O2/c1-15(3-5-20-6-4-15)14-22-24-11-12(25-14)10-23-8-2-13(16(17,18)19)21-7-9-23/h12-13,20-21H,2-11H2,1H3. The molecule has 9 heteroatoms. The molecule has 0 amide bonds. The van der Waals surface area contributed by atoms with Gasteiger partial charge in [0, 0.05) is 31.6 Å². The average molecular weight is 364 g/mol. The zero-order valence-electron chi connectivity index (χ0n) is 14.6. The number of alkyl halides is 3. The summed E-state index contributed by atoms with van der Waals surface area (Å²) in [5.74, 6) is 0.631. The minimum Gasteiger partial charge on any atom is -0.470 e. The van der Waals surface area contributed by atoms with Crippen molar-refractivity contribution in [2.75, 3.05) is 45.9 Å². The largest absolute Gasteiger partial charge is 0.470 e. The van der Waals surface area contributed by atoms with E-state index in [0.29, 0.717) is 38.7 Å². The lowest BCUT2D eigenvalue weighted by Crippen LogP contribution is -2.47. The highest BCUT2D eigenvalue weighted by Gasteiger charge is 2.41. The highest BCUT2D eigenvalue weighted by atomic mass is 19.4. The number of hydrogen-bond donors (Lipinski definition) is 2. The molecule has 6 nitrogen and oxygen atoms in total. The summed E-state index contributed by atoms with van der Waals surface area (Å²) in [4.78, 5) is 7.40. The Hall–Kier alpha value is -1.06. The summed E-state index contributed by atoms with van der Waals surface area (Å²) in [6.07, 6.45) is -2.46. The zero-order chi connectivity index (χ0) is 17.9. The van der Waals surface area contributed by atoms with Crippen LogP contribution >= 0.6 is 0 Å². The summed E-state index contributed by atoms with van der Waals surface area (Å²) in [5.41, 5.74) is -0.133. The van der Waals surface area contributed by atoms with Gasteiger partial charge in [-0.2, -0.15) is 13.2 Å². The Kier molecular flexibility index (Phi) is 5.75. The number of piperidine rings is 1. The fourth-order valence-corrected chi connectivity index (χ4v) is 3.60. The Labute approximate surface area is 146 Å². The highest BCUT2D eigenvalue weighted by Crippen LogP contribution is 2.32. The Balaban J connectivity index is 1.53. The number of ether oxygens (including phenoxy) is 1. The molecule has 0 aliphatic carbocycles. The van der Waals surface area contributed by atoms with E-state index in [1.54, 1.807) is 0 Å². The van der Waals surface area contributed by atoms with E-state index in [0.717, 1.165) is 25.9 Å². The third kappa shape index (κ3) is 4.77. The van der Waals surface area contributed by atoms with Crippen LogP contribution in [0, 0.1) is 5.41 Å². The number of oxime groups is 1. The summed E-state index contributed by atoms with van der Waals surface area (Å²) in [6, 6.07) is -1.42. The van der Waals surface area contributed by atoms with E-state index in [1.807, 2.05) is 4.90 Å². The molecule has 2 atom stereocenters. The van der Waals surface area contributed by atoms with Crippen molar-refractivity contribution in [3.8, 4) is 0 Å². The van der Waals surface area contributed by atoms with Crippen LogP contribution in [0.4, 0.5) is 13.2 Å². The lowest BCUT2D eigenvalue weighted by Gasteiger charge is -2.38. The van der Waals surface area contributed by atoms with Gasteiger partial charge in [-0.25, -0.2) is 0 Å². The summed E-state index contributed by atoms with van der Waals surface area (Å²) in [7, 11) is 0. The fraction of sp³-hybridized carbons (Fsp3) is 0.938. The molecule has 0 spiro atoms. The van der Waals surface area contributed by atoms with Crippen molar-refractivity contribution in [2.24, 2.45) is 10.6 Å². The van der Waals surface area contributed by atoms with Crippen LogP contribution in [0.25, 0.3) is 0 Å². The number of nitrogens with zero attached hydrogens (tertiary/aromatic N) is 2.